The molecule has 1 aromatic rings. The number of aryl methyl sites for hydroxylation is 1. The molecule has 0 bridgehead atoms. The van der Waals surface area contributed by atoms with Gasteiger partial charge in [0.05, 0.1) is 11.6 Å². The molecular formula is C18H29NO. The van der Waals surface area contributed by atoms with Gasteiger partial charge in [-0.15, -0.1) is 0 Å². The Morgan fingerprint density at radius 1 is 1.20 bits per heavy atom. The second-order valence-electron chi connectivity index (χ2n) is 6.25. The lowest BCUT2D eigenvalue weighted by atomic mass is 9.73. The van der Waals surface area contributed by atoms with Gasteiger partial charge in [-0.05, 0) is 56.1 Å². The summed E-state index contributed by atoms with van der Waals surface area (Å²) in [5.41, 5.74) is 9.02. The summed E-state index contributed by atoms with van der Waals surface area (Å²) in [5.74, 6) is 0.804. The smallest absolute Gasteiger partial charge is 0.0874 e. The highest BCUT2D eigenvalue weighted by Crippen LogP contribution is 2.42. The molecule has 0 aliphatic heterocycles. The molecule has 0 aromatic heterocycles. The minimum atomic E-state index is -0.158. The Bertz CT molecular complexity index is 404. The summed E-state index contributed by atoms with van der Waals surface area (Å²) in [6, 6.07) is 8.74. The fourth-order valence-corrected chi connectivity index (χ4v) is 3.35. The first-order chi connectivity index (χ1) is 9.61. The molecule has 0 heterocycles. The average molecular weight is 275 g/mol. The number of rotatable bonds is 5. The third-order valence-corrected chi connectivity index (χ3v) is 4.87. The summed E-state index contributed by atoms with van der Waals surface area (Å²) >= 11 is 0. The van der Waals surface area contributed by atoms with Crippen molar-refractivity contribution in [3.05, 3.63) is 35.4 Å². The third kappa shape index (κ3) is 3.24. The number of benzene rings is 1. The van der Waals surface area contributed by atoms with Crippen LogP contribution in [0.2, 0.25) is 0 Å². The lowest BCUT2D eigenvalue weighted by Gasteiger charge is -2.43. The Morgan fingerprint density at radius 2 is 1.80 bits per heavy atom. The van der Waals surface area contributed by atoms with E-state index < -0.39 is 0 Å². The SMILES string of the molecule is CCOC1(C(N)c2ccc(CC)cc2)CCC(C)CC1. The van der Waals surface area contributed by atoms with Crippen LogP contribution in [0.3, 0.4) is 0 Å². The van der Waals surface area contributed by atoms with Crippen LogP contribution in [0.15, 0.2) is 24.3 Å². The van der Waals surface area contributed by atoms with Crippen LogP contribution in [0.5, 0.6) is 0 Å². The molecule has 2 nitrogen and oxygen atoms in total. The van der Waals surface area contributed by atoms with Gasteiger partial charge < -0.3 is 10.5 Å². The third-order valence-electron chi connectivity index (χ3n) is 4.87. The second kappa shape index (κ2) is 6.73. The van der Waals surface area contributed by atoms with Gasteiger partial charge >= 0.3 is 0 Å². The summed E-state index contributed by atoms with van der Waals surface area (Å²) in [4.78, 5) is 0. The van der Waals surface area contributed by atoms with E-state index in [0.717, 1.165) is 31.8 Å². The van der Waals surface area contributed by atoms with Gasteiger partial charge in [-0.2, -0.15) is 0 Å². The van der Waals surface area contributed by atoms with Crippen LogP contribution in [-0.2, 0) is 11.2 Å². The van der Waals surface area contributed by atoms with E-state index in [2.05, 4.69) is 45.0 Å². The average Bonchev–Trinajstić information content (AvgIpc) is 2.49. The summed E-state index contributed by atoms with van der Waals surface area (Å²) in [6.45, 7) is 7.33. The molecule has 0 saturated heterocycles. The van der Waals surface area contributed by atoms with Crippen molar-refractivity contribution in [3.8, 4) is 0 Å². The first-order valence-electron chi connectivity index (χ1n) is 8.09. The van der Waals surface area contributed by atoms with E-state index in [0.29, 0.717) is 0 Å². The van der Waals surface area contributed by atoms with Crippen LogP contribution >= 0.6 is 0 Å². The number of nitrogens with two attached hydrogens (primary N) is 1. The Hall–Kier alpha value is -0.860. The molecule has 1 fully saturated rings. The van der Waals surface area contributed by atoms with Crippen LogP contribution in [0.25, 0.3) is 0 Å². The summed E-state index contributed by atoms with van der Waals surface area (Å²) in [5, 5.41) is 0. The molecule has 0 radical (unpaired) electrons. The summed E-state index contributed by atoms with van der Waals surface area (Å²) < 4.78 is 6.17. The van der Waals surface area contributed by atoms with Crippen molar-refractivity contribution >= 4 is 0 Å². The molecule has 2 rings (SSSR count). The van der Waals surface area contributed by atoms with Crippen molar-refractivity contribution in [1.82, 2.24) is 0 Å². The zero-order chi connectivity index (χ0) is 14.6. The van der Waals surface area contributed by atoms with Crippen LogP contribution in [0.1, 0.15) is 63.6 Å². The molecule has 1 aliphatic carbocycles. The van der Waals surface area contributed by atoms with Crippen molar-refractivity contribution in [2.24, 2.45) is 11.7 Å². The van der Waals surface area contributed by atoms with Crippen LogP contribution in [0.4, 0.5) is 0 Å². The highest BCUT2D eigenvalue weighted by atomic mass is 16.5. The summed E-state index contributed by atoms with van der Waals surface area (Å²) in [6.07, 6.45) is 5.68. The van der Waals surface area contributed by atoms with E-state index in [4.69, 9.17) is 10.5 Å². The van der Waals surface area contributed by atoms with Crippen molar-refractivity contribution in [2.45, 2.75) is 64.5 Å². The molecule has 2 heteroatoms. The largest absolute Gasteiger partial charge is 0.373 e. The monoisotopic (exact) mass is 275 g/mol. The van der Waals surface area contributed by atoms with Gasteiger partial charge in [0.15, 0.2) is 0 Å². The van der Waals surface area contributed by atoms with Crippen LogP contribution in [-0.4, -0.2) is 12.2 Å². The molecule has 1 atom stereocenters. The van der Waals surface area contributed by atoms with Gasteiger partial charge in [0.2, 0.25) is 0 Å². The maximum atomic E-state index is 6.60. The minimum absolute atomic E-state index is 0.0131. The van der Waals surface area contributed by atoms with Gasteiger partial charge in [0.1, 0.15) is 0 Å². The highest BCUT2D eigenvalue weighted by molar-refractivity contribution is 5.27. The topological polar surface area (TPSA) is 35.2 Å². The Balaban J connectivity index is 2.19. The number of ether oxygens (including phenoxy) is 1. The van der Waals surface area contributed by atoms with Gasteiger partial charge in [0.25, 0.3) is 0 Å². The zero-order valence-corrected chi connectivity index (χ0v) is 13.2. The maximum Gasteiger partial charge on any atom is 0.0874 e. The van der Waals surface area contributed by atoms with Crippen LogP contribution < -0.4 is 5.73 Å². The molecular weight excluding hydrogens is 246 g/mol. The number of hydrogen-bond acceptors (Lipinski definition) is 2. The normalized spacial score (nSPS) is 28.3. The second-order valence-corrected chi connectivity index (χ2v) is 6.25. The highest BCUT2D eigenvalue weighted by Gasteiger charge is 2.40. The summed E-state index contributed by atoms with van der Waals surface area (Å²) in [7, 11) is 0. The van der Waals surface area contributed by atoms with Crippen molar-refractivity contribution in [2.75, 3.05) is 6.61 Å². The molecule has 20 heavy (non-hydrogen) atoms. The van der Waals surface area contributed by atoms with Crippen molar-refractivity contribution in [3.63, 3.8) is 0 Å². The number of hydrogen-bond donors (Lipinski definition) is 1. The predicted molar refractivity (Wildman–Crippen MR) is 84.7 cm³/mol. The first kappa shape index (κ1) is 15.5. The van der Waals surface area contributed by atoms with Gasteiger partial charge in [0, 0.05) is 6.61 Å². The fraction of sp³-hybridized carbons (Fsp3) is 0.667. The molecule has 112 valence electrons. The van der Waals surface area contributed by atoms with E-state index in [9.17, 15) is 0 Å². The van der Waals surface area contributed by atoms with E-state index in [-0.39, 0.29) is 11.6 Å². The maximum absolute atomic E-state index is 6.60. The minimum Gasteiger partial charge on any atom is -0.373 e. The molecule has 0 spiro atoms. The van der Waals surface area contributed by atoms with Crippen LogP contribution in [0, 0.1) is 5.92 Å². The van der Waals surface area contributed by atoms with E-state index >= 15 is 0 Å². The lowest BCUT2D eigenvalue weighted by Crippen LogP contribution is -2.46. The standard InChI is InChI=1S/C18H29NO/c1-4-15-6-8-16(9-7-15)17(19)18(20-5-2)12-10-14(3)11-13-18/h6-9,14,17H,4-5,10-13,19H2,1-3H3. The molecule has 0 amide bonds. The molecule has 2 N–H and O–H groups in total. The fourth-order valence-electron chi connectivity index (χ4n) is 3.35. The Kier molecular flexibility index (Phi) is 5.22. The van der Waals surface area contributed by atoms with E-state index in [1.165, 1.54) is 24.0 Å². The van der Waals surface area contributed by atoms with E-state index in [1.54, 1.807) is 0 Å². The van der Waals surface area contributed by atoms with Gasteiger partial charge in [-0.3, -0.25) is 0 Å². The van der Waals surface area contributed by atoms with Gasteiger partial charge in [-0.25, -0.2) is 0 Å². The predicted octanol–water partition coefficient (Wildman–Crippen LogP) is 4.23. The molecule has 1 saturated carbocycles. The van der Waals surface area contributed by atoms with Gasteiger partial charge in [-0.1, -0.05) is 38.1 Å². The van der Waals surface area contributed by atoms with Crippen molar-refractivity contribution < 1.29 is 4.74 Å². The first-order valence-corrected chi connectivity index (χ1v) is 8.09. The molecule has 1 aromatic carbocycles. The Morgan fingerprint density at radius 3 is 2.30 bits per heavy atom. The molecule has 1 unspecified atom stereocenters. The van der Waals surface area contributed by atoms with E-state index in [1.807, 2.05) is 0 Å². The Labute approximate surface area is 123 Å². The molecule has 1 aliphatic rings. The lowest BCUT2D eigenvalue weighted by molar-refractivity contribution is -0.0896. The zero-order valence-electron chi connectivity index (χ0n) is 13.2. The van der Waals surface area contributed by atoms with Crippen molar-refractivity contribution in [1.29, 1.82) is 0 Å². The quantitative estimate of drug-likeness (QED) is 0.872.